The summed E-state index contributed by atoms with van der Waals surface area (Å²) >= 11 is 0. The van der Waals surface area contributed by atoms with Gasteiger partial charge in [-0.2, -0.15) is 0 Å². The topological polar surface area (TPSA) is 98.9 Å². The molecule has 1 aromatic rings. The number of ether oxygens (including phenoxy) is 2. The third-order valence-electron chi connectivity index (χ3n) is 2.78. The van der Waals surface area contributed by atoms with Crippen LogP contribution in [0.3, 0.4) is 0 Å². The van der Waals surface area contributed by atoms with E-state index in [1.54, 1.807) is 0 Å². The highest BCUT2D eigenvalue weighted by Crippen LogP contribution is 2.28. The minimum Gasteiger partial charge on any atom is -0.482 e. The Morgan fingerprint density at radius 3 is 2.60 bits per heavy atom. The van der Waals surface area contributed by atoms with Crippen molar-refractivity contribution in [3.8, 4) is 5.75 Å². The zero-order valence-electron chi connectivity index (χ0n) is 11.6. The van der Waals surface area contributed by atoms with Crippen LogP contribution < -0.4 is 4.74 Å². The maximum absolute atomic E-state index is 11.0. The van der Waals surface area contributed by atoms with Crippen molar-refractivity contribution < 1.29 is 24.3 Å². The number of hydrogen-bond donors (Lipinski definition) is 1. The van der Waals surface area contributed by atoms with Crippen molar-refractivity contribution >= 4 is 11.7 Å². The lowest BCUT2D eigenvalue weighted by atomic mass is 9.97. The molecule has 0 aromatic heterocycles. The van der Waals surface area contributed by atoms with Crippen molar-refractivity contribution in [1.82, 2.24) is 0 Å². The Labute approximate surface area is 116 Å². The number of aliphatic carboxylic acids is 1. The normalized spacial score (nSPS) is 11.2. The fourth-order valence-corrected chi connectivity index (χ4v) is 1.65. The molecule has 0 saturated heterocycles. The molecule has 0 bridgehead atoms. The number of nitro groups is 1. The fraction of sp³-hybridized carbons (Fsp3) is 0.462. The monoisotopic (exact) mass is 283 g/mol. The van der Waals surface area contributed by atoms with Gasteiger partial charge in [0.25, 0.3) is 5.69 Å². The number of carboxylic acid groups (broad SMARTS) is 1. The van der Waals surface area contributed by atoms with Gasteiger partial charge in [-0.15, -0.1) is 0 Å². The van der Waals surface area contributed by atoms with E-state index in [1.165, 1.54) is 25.3 Å². The average Bonchev–Trinajstić information content (AvgIpc) is 2.35. The summed E-state index contributed by atoms with van der Waals surface area (Å²) in [6.45, 7) is 3.12. The summed E-state index contributed by atoms with van der Waals surface area (Å²) < 4.78 is 10.3. The van der Waals surface area contributed by atoms with Crippen molar-refractivity contribution in [2.45, 2.75) is 25.9 Å². The molecule has 0 radical (unpaired) electrons. The molecule has 7 nitrogen and oxygen atoms in total. The standard InChI is InChI=1S/C13H17NO6/c1-13(2,19-3)7-9-6-10(20-8-12(15)16)4-5-11(9)14(17)18/h4-6H,7-8H2,1-3H3,(H,15,16). The summed E-state index contributed by atoms with van der Waals surface area (Å²) in [6.07, 6.45) is 0.310. The van der Waals surface area contributed by atoms with Gasteiger partial charge in [-0.05, 0) is 26.0 Å². The van der Waals surface area contributed by atoms with Crippen molar-refractivity contribution in [3.05, 3.63) is 33.9 Å². The molecule has 110 valence electrons. The van der Waals surface area contributed by atoms with Crippen LogP contribution in [-0.4, -0.2) is 35.3 Å². The minimum atomic E-state index is -1.11. The number of benzene rings is 1. The quantitative estimate of drug-likeness (QED) is 0.607. The van der Waals surface area contributed by atoms with E-state index in [4.69, 9.17) is 14.6 Å². The van der Waals surface area contributed by atoms with Crippen LogP contribution in [0.25, 0.3) is 0 Å². The molecular weight excluding hydrogens is 266 g/mol. The molecule has 0 amide bonds. The smallest absolute Gasteiger partial charge is 0.341 e. The second kappa shape index (κ2) is 6.33. The molecule has 0 saturated carbocycles. The molecule has 0 unspecified atom stereocenters. The van der Waals surface area contributed by atoms with Crippen LogP contribution in [-0.2, 0) is 16.0 Å². The van der Waals surface area contributed by atoms with E-state index in [9.17, 15) is 14.9 Å². The molecule has 20 heavy (non-hydrogen) atoms. The van der Waals surface area contributed by atoms with Gasteiger partial charge in [-0.3, -0.25) is 10.1 Å². The van der Waals surface area contributed by atoms with E-state index < -0.39 is 23.1 Å². The van der Waals surface area contributed by atoms with Crippen molar-refractivity contribution in [1.29, 1.82) is 0 Å². The van der Waals surface area contributed by atoms with Gasteiger partial charge in [0.15, 0.2) is 6.61 Å². The largest absolute Gasteiger partial charge is 0.482 e. The lowest BCUT2D eigenvalue weighted by Crippen LogP contribution is -2.26. The number of nitro benzene ring substituents is 1. The second-order valence-corrected chi connectivity index (χ2v) is 4.87. The first-order valence-electron chi connectivity index (χ1n) is 5.92. The van der Waals surface area contributed by atoms with E-state index in [0.29, 0.717) is 12.0 Å². The lowest BCUT2D eigenvalue weighted by Gasteiger charge is -2.22. The molecule has 0 aliphatic heterocycles. The van der Waals surface area contributed by atoms with E-state index >= 15 is 0 Å². The first kappa shape index (κ1) is 15.9. The summed E-state index contributed by atoms with van der Waals surface area (Å²) in [7, 11) is 1.52. The number of carbonyl (C=O) groups is 1. The number of rotatable bonds is 7. The number of methoxy groups -OCH3 is 1. The van der Waals surface area contributed by atoms with Crippen LogP contribution in [0, 0.1) is 10.1 Å². The first-order valence-corrected chi connectivity index (χ1v) is 5.92. The van der Waals surface area contributed by atoms with Gasteiger partial charge < -0.3 is 14.6 Å². The fourth-order valence-electron chi connectivity index (χ4n) is 1.65. The van der Waals surface area contributed by atoms with Gasteiger partial charge in [0, 0.05) is 25.2 Å². The number of hydrogen-bond acceptors (Lipinski definition) is 5. The van der Waals surface area contributed by atoms with E-state index in [-0.39, 0.29) is 11.4 Å². The van der Waals surface area contributed by atoms with Crippen molar-refractivity contribution in [2.24, 2.45) is 0 Å². The second-order valence-electron chi connectivity index (χ2n) is 4.87. The Bertz CT molecular complexity index is 512. The van der Waals surface area contributed by atoms with Crippen LogP contribution in [0.5, 0.6) is 5.75 Å². The summed E-state index contributed by atoms with van der Waals surface area (Å²) in [5.41, 5.74) is -0.182. The van der Waals surface area contributed by atoms with E-state index in [1.807, 2.05) is 13.8 Å². The molecule has 0 atom stereocenters. The van der Waals surface area contributed by atoms with Gasteiger partial charge in [-0.25, -0.2) is 4.79 Å². The van der Waals surface area contributed by atoms with Crippen LogP contribution >= 0.6 is 0 Å². The molecule has 7 heteroatoms. The molecular formula is C13H17NO6. The Hall–Kier alpha value is -2.15. The molecule has 1 aromatic carbocycles. The number of carboxylic acids is 1. The third-order valence-corrected chi connectivity index (χ3v) is 2.78. The maximum Gasteiger partial charge on any atom is 0.341 e. The van der Waals surface area contributed by atoms with Crippen LogP contribution in [0.2, 0.25) is 0 Å². The number of nitrogens with zero attached hydrogens (tertiary/aromatic N) is 1. The Morgan fingerprint density at radius 1 is 1.45 bits per heavy atom. The van der Waals surface area contributed by atoms with Gasteiger partial charge in [-0.1, -0.05) is 0 Å². The predicted molar refractivity (Wildman–Crippen MR) is 71.0 cm³/mol. The molecule has 1 rings (SSSR count). The van der Waals surface area contributed by atoms with Gasteiger partial charge in [0.2, 0.25) is 0 Å². The molecule has 0 aliphatic rings. The molecule has 0 fully saturated rings. The Morgan fingerprint density at radius 2 is 2.10 bits per heavy atom. The van der Waals surface area contributed by atoms with Gasteiger partial charge >= 0.3 is 5.97 Å². The highest BCUT2D eigenvalue weighted by molar-refractivity contribution is 5.68. The average molecular weight is 283 g/mol. The first-order chi connectivity index (χ1) is 9.25. The molecule has 0 aliphatic carbocycles. The molecule has 0 heterocycles. The third kappa shape index (κ3) is 4.51. The zero-order valence-corrected chi connectivity index (χ0v) is 11.6. The van der Waals surface area contributed by atoms with Gasteiger partial charge in [0.05, 0.1) is 10.5 Å². The predicted octanol–water partition coefficient (Wildman–Crippen LogP) is 2.03. The summed E-state index contributed by atoms with van der Waals surface area (Å²) in [5, 5.41) is 19.6. The Balaban J connectivity index is 3.05. The van der Waals surface area contributed by atoms with Crippen LogP contribution in [0.4, 0.5) is 5.69 Å². The van der Waals surface area contributed by atoms with Crippen molar-refractivity contribution in [2.75, 3.05) is 13.7 Å². The maximum atomic E-state index is 11.0. The highest BCUT2D eigenvalue weighted by atomic mass is 16.6. The molecule has 1 N–H and O–H groups in total. The lowest BCUT2D eigenvalue weighted by molar-refractivity contribution is -0.385. The highest BCUT2D eigenvalue weighted by Gasteiger charge is 2.24. The van der Waals surface area contributed by atoms with Crippen molar-refractivity contribution in [3.63, 3.8) is 0 Å². The summed E-state index contributed by atoms with van der Waals surface area (Å²) in [4.78, 5) is 21.0. The van der Waals surface area contributed by atoms with Gasteiger partial charge in [0.1, 0.15) is 5.75 Å². The SMILES string of the molecule is COC(C)(C)Cc1cc(OCC(=O)O)ccc1[N+](=O)[O-]. The minimum absolute atomic E-state index is 0.0437. The molecule has 0 spiro atoms. The van der Waals surface area contributed by atoms with Crippen LogP contribution in [0.1, 0.15) is 19.4 Å². The summed E-state index contributed by atoms with van der Waals surface area (Å²) in [6, 6.07) is 4.16. The zero-order chi connectivity index (χ0) is 15.3. The van der Waals surface area contributed by atoms with E-state index in [2.05, 4.69) is 0 Å². The van der Waals surface area contributed by atoms with Crippen LogP contribution in [0.15, 0.2) is 18.2 Å². The Kier molecular flexibility index (Phi) is 5.04. The van der Waals surface area contributed by atoms with E-state index in [0.717, 1.165) is 0 Å². The summed E-state index contributed by atoms with van der Waals surface area (Å²) in [5.74, 6) is -0.831.